The Morgan fingerprint density at radius 2 is 1.93 bits per heavy atom. The molecule has 15 heavy (non-hydrogen) atoms. The van der Waals surface area contributed by atoms with Crippen LogP contribution in [0, 0.1) is 11.3 Å². The first-order chi connectivity index (χ1) is 6.95. The number of nitrogens with one attached hydrogen (secondary N) is 1. The van der Waals surface area contributed by atoms with Crippen LogP contribution in [0.3, 0.4) is 0 Å². The van der Waals surface area contributed by atoms with Crippen LogP contribution < -0.4 is 5.32 Å². The van der Waals surface area contributed by atoms with Gasteiger partial charge >= 0.3 is 5.97 Å². The van der Waals surface area contributed by atoms with Crippen molar-refractivity contribution in [3.05, 3.63) is 0 Å². The molecule has 0 aromatic rings. The molecule has 2 aliphatic heterocycles. The maximum Gasteiger partial charge on any atom is 0.308 e. The molecular weight excluding hydrogens is 218 g/mol. The molecule has 1 unspecified atom stereocenters. The minimum Gasteiger partial charge on any atom is -0.481 e. The second-order valence-electron chi connectivity index (χ2n) is 4.56. The van der Waals surface area contributed by atoms with Crippen LogP contribution in [0.1, 0.15) is 12.8 Å². The summed E-state index contributed by atoms with van der Waals surface area (Å²) in [5, 5.41) is 12.2. The predicted molar refractivity (Wildman–Crippen MR) is 54.3 cm³/mol. The highest BCUT2D eigenvalue weighted by Crippen LogP contribution is 2.44. The SMILES string of the molecule is O=C(O)C1CS(=O)(=O)CC12CCNCC2. The molecule has 0 radical (unpaired) electrons. The smallest absolute Gasteiger partial charge is 0.308 e. The Morgan fingerprint density at radius 1 is 1.33 bits per heavy atom. The summed E-state index contributed by atoms with van der Waals surface area (Å²) in [6.45, 7) is 1.44. The normalized spacial score (nSPS) is 32.9. The summed E-state index contributed by atoms with van der Waals surface area (Å²) < 4.78 is 23.1. The Kier molecular flexibility index (Phi) is 2.50. The highest BCUT2D eigenvalue weighted by Gasteiger charge is 2.53. The second kappa shape index (κ2) is 3.45. The lowest BCUT2D eigenvalue weighted by Gasteiger charge is -2.35. The van der Waals surface area contributed by atoms with Crippen LogP contribution in [0.15, 0.2) is 0 Å². The van der Waals surface area contributed by atoms with Crippen molar-refractivity contribution in [1.29, 1.82) is 0 Å². The lowest BCUT2D eigenvalue weighted by molar-refractivity contribution is -0.145. The molecular formula is C9H15NO4S. The zero-order valence-corrected chi connectivity index (χ0v) is 9.22. The molecule has 2 rings (SSSR count). The van der Waals surface area contributed by atoms with Crippen LogP contribution in [-0.2, 0) is 14.6 Å². The Labute approximate surface area is 88.8 Å². The van der Waals surface area contributed by atoms with Gasteiger partial charge in [0, 0.05) is 5.41 Å². The summed E-state index contributed by atoms with van der Waals surface area (Å²) in [6.07, 6.45) is 1.31. The summed E-state index contributed by atoms with van der Waals surface area (Å²) >= 11 is 0. The van der Waals surface area contributed by atoms with Crippen LogP contribution in [-0.4, -0.2) is 44.1 Å². The minimum absolute atomic E-state index is 0.0542. The minimum atomic E-state index is -3.16. The fraction of sp³-hybridized carbons (Fsp3) is 0.889. The largest absolute Gasteiger partial charge is 0.481 e. The number of carbonyl (C=O) groups is 1. The average Bonchev–Trinajstić information content (AvgIpc) is 2.39. The van der Waals surface area contributed by atoms with Gasteiger partial charge in [-0.1, -0.05) is 0 Å². The second-order valence-corrected chi connectivity index (χ2v) is 6.67. The van der Waals surface area contributed by atoms with E-state index >= 15 is 0 Å². The molecule has 0 aliphatic carbocycles. The third-order valence-corrected chi connectivity index (χ3v) is 5.42. The van der Waals surface area contributed by atoms with E-state index in [0.29, 0.717) is 12.8 Å². The molecule has 2 saturated heterocycles. The van der Waals surface area contributed by atoms with Crippen LogP contribution in [0.2, 0.25) is 0 Å². The van der Waals surface area contributed by atoms with Crippen LogP contribution in [0.4, 0.5) is 0 Å². The zero-order valence-electron chi connectivity index (χ0n) is 8.40. The Bertz CT molecular complexity index is 370. The number of hydrogen-bond donors (Lipinski definition) is 2. The lowest BCUT2D eigenvalue weighted by atomic mass is 9.71. The molecule has 1 spiro atoms. The summed E-state index contributed by atoms with van der Waals surface area (Å²) in [5.74, 6) is -1.79. The number of rotatable bonds is 1. The first-order valence-electron chi connectivity index (χ1n) is 5.09. The summed E-state index contributed by atoms with van der Waals surface area (Å²) in [4.78, 5) is 11.1. The summed E-state index contributed by atoms with van der Waals surface area (Å²) in [7, 11) is -3.16. The third kappa shape index (κ3) is 1.88. The van der Waals surface area contributed by atoms with Crippen molar-refractivity contribution in [2.75, 3.05) is 24.6 Å². The van der Waals surface area contributed by atoms with Crippen molar-refractivity contribution < 1.29 is 18.3 Å². The molecule has 1 atom stereocenters. The molecule has 0 aromatic heterocycles. The van der Waals surface area contributed by atoms with Gasteiger partial charge in [0.2, 0.25) is 0 Å². The molecule has 5 nitrogen and oxygen atoms in total. The molecule has 0 saturated carbocycles. The molecule has 2 fully saturated rings. The monoisotopic (exact) mass is 233 g/mol. The highest BCUT2D eigenvalue weighted by atomic mass is 32.2. The van der Waals surface area contributed by atoms with Crippen molar-refractivity contribution in [3.8, 4) is 0 Å². The fourth-order valence-corrected chi connectivity index (χ4v) is 5.27. The van der Waals surface area contributed by atoms with Crippen molar-refractivity contribution in [3.63, 3.8) is 0 Å². The van der Waals surface area contributed by atoms with Crippen LogP contribution in [0.5, 0.6) is 0 Å². The van der Waals surface area contributed by atoms with Gasteiger partial charge in [-0.2, -0.15) is 0 Å². The van der Waals surface area contributed by atoms with E-state index in [0.717, 1.165) is 13.1 Å². The van der Waals surface area contributed by atoms with E-state index in [1.54, 1.807) is 0 Å². The van der Waals surface area contributed by atoms with E-state index in [9.17, 15) is 13.2 Å². The molecule has 6 heteroatoms. The summed E-state index contributed by atoms with van der Waals surface area (Å²) in [6, 6.07) is 0. The third-order valence-electron chi connectivity index (χ3n) is 3.56. The predicted octanol–water partition coefficient (Wildman–Crippen LogP) is -0.515. The van der Waals surface area contributed by atoms with Crippen molar-refractivity contribution in [1.82, 2.24) is 5.32 Å². The van der Waals surface area contributed by atoms with Gasteiger partial charge in [-0.15, -0.1) is 0 Å². The number of aliphatic carboxylic acids is 1. The maximum atomic E-state index is 11.5. The van der Waals surface area contributed by atoms with Gasteiger partial charge in [-0.25, -0.2) is 8.42 Å². The molecule has 0 bridgehead atoms. The van der Waals surface area contributed by atoms with Gasteiger partial charge in [0.15, 0.2) is 9.84 Å². The van der Waals surface area contributed by atoms with E-state index < -0.39 is 27.1 Å². The molecule has 0 aromatic carbocycles. The van der Waals surface area contributed by atoms with Crippen molar-refractivity contribution >= 4 is 15.8 Å². The van der Waals surface area contributed by atoms with Gasteiger partial charge in [0.05, 0.1) is 17.4 Å². The number of hydrogen-bond acceptors (Lipinski definition) is 4. The first kappa shape index (κ1) is 10.9. The molecule has 2 N–H and O–H groups in total. The number of sulfone groups is 1. The molecule has 86 valence electrons. The van der Waals surface area contributed by atoms with Crippen LogP contribution >= 0.6 is 0 Å². The number of piperidine rings is 1. The van der Waals surface area contributed by atoms with Gasteiger partial charge in [-0.3, -0.25) is 4.79 Å². The first-order valence-corrected chi connectivity index (χ1v) is 6.91. The lowest BCUT2D eigenvalue weighted by Crippen LogP contribution is -2.43. The van der Waals surface area contributed by atoms with E-state index in [-0.39, 0.29) is 11.5 Å². The molecule has 2 heterocycles. The van der Waals surface area contributed by atoms with E-state index in [1.807, 2.05) is 0 Å². The number of carboxylic acids is 1. The van der Waals surface area contributed by atoms with Gasteiger partial charge in [0.1, 0.15) is 0 Å². The molecule has 2 aliphatic rings. The highest BCUT2D eigenvalue weighted by molar-refractivity contribution is 7.91. The van der Waals surface area contributed by atoms with Crippen molar-refractivity contribution in [2.24, 2.45) is 11.3 Å². The summed E-state index contributed by atoms with van der Waals surface area (Å²) in [5.41, 5.74) is -0.504. The maximum absolute atomic E-state index is 11.5. The van der Waals surface area contributed by atoms with Gasteiger partial charge in [0.25, 0.3) is 0 Å². The Hall–Kier alpha value is -0.620. The average molecular weight is 233 g/mol. The van der Waals surface area contributed by atoms with Gasteiger partial charge in [-0.05, 0) is 25.9 Å². The Balaban J connectivity index is 2.32. The zero-order chi connectivity index (χ0) is 11.1. The van der Waals surface area contributed by atoms with E-state index in [1.165, 1.54) is 0 Å². The van der Waals surface area contributed by atoms with Crippen LogP contribution in [0.25, 0.3) is 0 Å². The number of carboxylic acid groups (broad SMARTS) is 1. The van der Waals surface area contributed by atoms with Gasteiger partial charge < -0.3 is 10.4 Å². The van der Waals surface area contributed by atoms with E-state index in [4.69, 9.17) is 5.11 Å². The molecule has 0 amide bonds. The standard InChI is InChI=1S/C9H15NO4S/c11-8(12)7-5-15(13,14)6-9(7)1-3-10-4-2-9/h7,10H,1-6H2,(H,11,12). The van der Waals surface area contributed by atoms with Crippen molar-refractivity contribution in [2.45, 2.75) is 12.8 Å². The van der Waals surface area contributed by atoms with E-state index in [2.05, 4.69) is 5.32 Å². The fourth-order valence-electron chi connectivity index (χ4n) is 2.78. The Morgan fingerprint density at radius 3 is 2.47 bits per heavy atom. The quantitative estimate of drug-likeness (QED) is 0.637. The topological polar surface area (TPSA) is 83.5 Å².